The maximum atomic E-state index is 13.8. The highest BCUT2D eigenvalue weighted by Crippen LogP contribution is 2.40. The molecule has 22 heavy (non-hydrogen) atoms. The van der Waals surface area contributed by atoms with Crippen LogP contribution < -0.4 is 0 Å². The van der Waals surface area contributed by atoms with E-state index < -0.39 is 54.1 Å². The van der Waals surface area contributed by atoms with E-state index in [-0.39, 0.29) is 0 Å². The van der Waals surface area contributed by atoms with Gasteiger partial charge in [-0.15, -0.1) is 0 Å². The number of nitrogens with zero attached hydrogens (tertiary/aromatic N) is 1. The summed E-state index contributed by atoms with van der Waals surface area (Å²) < 4.78 is 72.6. The minimum Gasteiger partial charge on any atom is -0.398 e. The summed E-state index contributed by atoms with van der Waals surface area (Å²) in [5.41, 5.74) is -1.25. The second kappa shape index (κ2) is 5.97. The van der Waals surface area contributed by atoms with E-state index in [0.717, 1.165) is 0 Å². The van der Waals surface area contributed by atoms with Crippen molar-refractivity contribution in [1.29, 1.82) is 5.26 Å². The van der Waals surface area contributed by atoms with Gasteiger partial charge in [0.25, 0.3) is 0 Å². The summed E-state index contributed by atoms with van der Waals surface area (Å²) >= 11 is 0. The summed E-state index contributed by atoms with van der Waals surface area (Å²) in [5.74, 6) is -10.5. The monoisotopic (exact) mass is 337 g/mol. The van der Waals surface area contributed by atoms with E-state index in [1.807, 2.05) is 20.8 Å². The van der Waals surface area contributed by atoms with Gasteiger partial charge in [-0.3, -0.25) is 0 Å². The molecule has 0 heterocycles. The molecule has 1 aromatic rings. The Bertz CT molecular complexity index is 605. The Morgan fingerprint density at radius 1 is 0.909 bits per heavy atom. The smallest absolute Gasteiger partial charge is 0.200 e. The molecule has 1 rings (SSSR count). The molecule has 2 nitrogen and oxygen atoms in total. The highest BCUT2D eigenvalue weighted by Gasteiger charge is 2.41. The van der Waals surface area contributed by atoms with Gasteiger partial charge in [-0.05, 0) is 18.1 Å². The Balaban J connectivity index is 3.44. The van der Waals surface area contributed by atoms with Gasteiger partial charge in [-0.1, -0.05) is 20.8 Å². The van der Waals surface area contributed by atoms with Crippen LogP contribution in [-0.4, -0.2) is 8.32 Å². The van der Waals surface area contributed by atoms with Crippen LogP contribution in [-0.2, 0) is 4.43 Å². The van der Waals surface area contributed by atoms with Crippen molar-refractivity contribution >= 4 is 8.32 Å². The van der Waals surface area contributed by atoms with Crippen molar-refractivity contribution in [2.24, 2.45) is 0 Å². The zero-order valence-electron chi connectivity index (χ0n) is 12.8. The molecule has 0 aliphatic heterocycles. The number of nitriles is 1. The van der Waals surface area contributed by atoms with Crippen LogP contribution in [0, 0.1) is 40.4 Å². The maximum Gasteiger partial charge on any atom is 0.200 e. The Labute approximate surface area is 126 Å². The van der Waals surface area contributed by atoms with E-state index >= 15 is 0 Å². The van der Waals surface area contributed by atoms with Gasteiger partial charge in [0.2, 0.25) is 5.82 Å². The molecule has 8 heteroatoms. The van der Waals surface area contributed by atoms with Crippen molar-refractivity contribution in [3.63, 3.8) is 0 Å². The first-order valence-corrected chi connectivity index (χ1v) is 9.34. The first-order chi connectivity index (χ1) is 9.85. The van der Waals surface area contributed by atoms with Gasteiger partial charge in [0.05, 0.1) is 11.6 Å². The van der Waals surface area contributed by atoms with E-state index in [9.17, 15) is 22.0 Å². The summed E-state index contributed by atoms with van der Waals surface area (Å²) in [6.45, 7) is 8.83. The van der Waals surface area contributed by atoms with E-state index in [0.29, 0.717) is 0 Å². The fraction of sp³-hybridized carbons (Fsp3) is 0.500. The third-order valence-electron chi connectivity index (χ3n) is 3.84. The molecule has 0 radical (unpaired) electrons. The van der Waals surface area contributed by atoms with Crippen molar-refractivity contribution in [2.45, 2.75) is 45.0 Å². The largest absolute Gasteiger partial charge is 0.398 e. The lowest BCUT2D eigenvalue weighted by atomic mass is 10.1. The molecular formula is C14H16F5NOSi. The topological polar surface area (TPSA) is 33.0 Å². The molecule has 0 amide bonds. The normalized spacial score (nSPS) is 13.9. The molecule has 0 unspecified atom stereocenters. The fourth-order valence-electron chi connectivity index (χ4n) is 1.47. The van der Waals surface area contributed by atoms with Crippen molar-refractivity contribution in [1.82, 2.24) is 0 Å². The molecule has 0 saturated heterocycles. The van der Waals surface area contributed by atoms with Crippen LogP contribution in [0.2, 0.25) is 18.1 Å². The number of hydrogen-bond donors (Lipinski definition) is 0. The lowest BCUT2D eigenvalue weighted by Gasteiger charge is -2.37. The third-order valence-corrected chi connectivity index (χ3v) is 8.28. The zero-order valence-corrected chi connectivity index (χ0v) is 13.8. The van der Waals surface area contributed by atoms with Gasteiger partial charge in [-0.2, -0.15) is 5.26 Å². The lowest BCUT2D eigenvalue weighted by Crippen LogP contribution is -2.42. The minimum atomic E-state index is -2.66. The van der Waals surface area contributed by atoms with Crippen molar-refractivity contribution < 1.29 is 26.4 Å². The number of rotatable bonds is 3. The van der Waals surface area contributed by atoms with Crippen LogP contribution in [0.1, 0.15) is 32.4 Å². The number of benzene rings is 1. The van der Waals surface area contributed by atoms with Crippen molar-refractivity contribution in [3.05, 3.63) is 34.6 Å². The molecule has 0 N–H and O–H groups in total. The molecule has 0 saturated carbocycles. The first-order valence-electron chi connectivity index (χ1n) is 6.44. The van der Waals surface area contributed by atoms with E-state index in [4.69, 9.17) is 9.69 Å². The average molecular weight is 337 g/mol. The van der Waals surface area contributed by atoms with Gasteiger partial charge in [-0.25, -0.2) is 22.0 Å². The van der Waals surface area contributed by atoms with Gasteiger partial charge >= 0.3 is 0 Å². The minimum absolute atomic E-state index is 0.411. The van der Waals surface area contributed by atoms with Gasteiger partial charge in [0.1, 0.15) is 0 Å². The Morgan fingerprint density at radius 3 is 1.59 bits per heavy atom. The highest BCUT2D eigenvalue weighted by molar-refractivity contribution is 6.74. The second-order valence-corrected chi connectivity index (χ2v) is 11.1. The molecular weight excluding hydrogens is 321 g/mol. The Kier molecular flexibility index (Phi) is 5.04. The van der Waals surface area contributed by atoms with E-state index in [1.54, 1.807) is 13.1 Å². The summed E-state index contributed by atoms with van der Waals surface area (Å²) in [4.78, 5) is 0. The summed E-state index contributed by atoms with van der Waals surface area (Å²) in [6.07, 6.45) is -1.87. The Hall–Kier alpha value is -1.46. The lowest BCUT2D eigenvalue weighted by molar-refractivity contribution is 0.219. The van der Waals surface area contributed by atoms with Gasteiger partial charge < -0.3 is 4.43 Å². The quantitative estimate of drug-likeness (QED) is 0.338. The maximum absolute atomic E-state index is 13.8. The molecule has 0 aromatic heterocycles. The number of hydrogen-bond acceptors (Lipinski definition) is 2. The fourth-order valence-corrected chi connectivity index (χ4v) is 2.59. The van der Waals surface area contributed by atoms with Crippen LogP contribution in [0.3, 0.4) is 0 Å². The van der Waals surface area contributed by atoms with Gasteiger partial charge in [0, 0.05) is 0 Å². The van der Waals surface area contributed by atoms with Crippen LogP contribution in [0.4, 0.5) is 22.0 Å². The summed E-state index contributed by atoms with van der Waals surface area (Å²) in [5, 5.41) is 8.67. The van der Waals surface area contributed by atoms with Crippen LogP contribution >= 0.6 is 0 Å². The molecule has 0 spiro atoms. The standard InChI is InChI=1S/C14H16F5NOSi/c1-14(2,3)22(4,5)21-7(6-20)8-9(15)11(17)13(19)12(18)10(8)16/h7H,1-5H3/t7-/m0/s1. The Morgan fingerprint density at radius 2 is 1.27 bits per heavy atom. The molecule has 1 aromatic carbocycles. The first kappa shape index (κ1) is 18.6. The van der Waals surface area contributed by atoms with Crippen molar-refractivity contribution in [3.8, 4) is 6.07 Å². The predicted octanol–water partition coefficient (Wildman–Crippen LogP) is 4.97. The van der Waals surface area contributed by atoms with E-state index in [2.05, 4.69) is 0 Å². The summed E-state index contributed by atoms with van der Waals surface area (Å²) in [6, 6.07) is 1.48. The van der Waals surface area contributed by atoms with Crippen LogP contribution in [0.5, 0.6) is 0 Å². The molecule has 0 aliphatic rings. The molecule has 0 fully saturated rings. The predicted molar refractivity (Wildman–Crippen MR) is 72.9 cm³/mol. The average Bonchev–Trinajstić information content (AvgIpc) is 2.40. The van der Waals surface area contributed by atoms with Crippen LogP contribution in [0.15, 0.2) is 0 Å². The zero-order chi connectivity index (χ0) is 17.5. The SMILES string of the molecule is CC(C)(C)[Si](C)(C)O[C@@H](C#N)c1c(F)c(F)c(F)c(F)c1F. The van der Waals surface area contributed by atoms with E-state index in [1.165, 1.54) is 6.07 Å². The highest BCUT2D eigenvalue weighted by atomic mass is 28.4. The molecule has 122 valence electrons. The molecule has 0 bridgehead atoms. The van der Waals surface area contributed by atoms with Gasteiger partial charge in [0.15, 0.2) is 37.7 Å². The second-order valence-electron chi connectivity index (χ2n) is 6.37. The third kappa shape index (κ3) is 3.15. The summed E-state index contributed by atoms with van der Waals surface area (Å²) in [7, 11) is -2.66. The van der Waals surface area contributed by atoms with Crippen LogP contribution in [0.25, 0.3) is 0 Å². The number of halogens is 5. The molecule has 0 aliphatic carbocycles. The molecule has 1 atom stereocenters. The van der Waals surface area contributed by atoms with Crippen molar-refractivity contribution in [2.75, 3.05) is 0 Å².